The largest absolute Gasteiger partial charge is 0.357 e. The van der Waals surface area contributed by atoms with E-state index in [1.165, 1.54) is 23.3 Å². The van der Waals surface area contributed by atoms with Crippen molar-refractivity contribution in [1.29, 1.82) is 0 Å². The highest BCUT2D eigenvalue weighted by Gasteiger charge is 2.15. The molecule has 1 saturated heterocycles. The maximum Gasteiger partial charge on any atom is 0.194 e. The number of thioether (sulfide) groups is 1. The van der Waals surface area contributed by atoms with Crippen molar-refractivity contribution in [3.8, 4) is 0 Å². The lowest BCUT2D eigenvalue weighted by Gasteiger charge is -2.20. The fraction of sp³-hybridized carbons (Fsp3) is 0.533. The van der Waals surface area contributed by atoms with Crippen LogP contribution in [-0.4, -0.2) is 36.7 Å². The Morgan fingerprint density at radius 3 is 2.53 bits per heavy atom. The number of nitrogens with zero attached hydrogens (tertiary/aromatic N) is 2. The van der Waals surface area contributed by atoms with Crippen LogP contribution in [0.25, 0.3) is 0 Å². The summed E-state index contributed by atoms with van der Waals surface area (Å²) in [5, 5.41) is 3.39. The number of hydrogen-bond acceptors (Lipinski definition) is 2. The third-order valence-corrected chi connectivity index (χ3v) is 4.05. The third-order valence-electron chi connectivity index (χ3n) is 3.31. The first-order valence-electron chi connectivity index (χ1n) is 6.99. The number of rotatable bonds is 4. The highest BCUT2D eigenvalue weighted by molar-refractivity contribution is 7.98. The molecule has 0 saturated carbocycles. The van der Waals surface area contributed by atoms with Gasteiger partial charge in [-0.2, -0.15) is 0 Å². The van der Waals surface area contributed by atoms with Gasteiger partial charge in [-0.1, -0.05) is 12.1 Å². The van der Waals surface area contributed by atoms with Crippen LogP contribution < -0.4 is 5.32 Å². The van der Waals surface area contributed by atoms with Gasteiger partial charge in [0.1, 0.15) is 0 Å². The molecule has 1 fully saturated rings. The quantitative estimate of drug-likeness (QED) is 0.521. The van der Waals surface area contributed by atoms with Crippen molar-refractivity contribution in [2.75, 3.05) is 25.9 Å². The summed E-state index contributed by atoms with van der Waals surface area (Å²) in [6.45, 7) is 6.08. The monoisotopic (exact) mass is 277 g/mol. The summed E-state index contributed by atoms with van der Waals surface area (Å²) in [5.41, 5.74) is 1.27. The van der Waals surface area contributed by atoms with Crippen LogP contribution >= 0.6 is 11.8 Å². The van der Waals surface area contributed by atoms with Crippen LogP contribution in [0.5, 0.6) is 0 Å². The zero-order chi connectivity index (χ0) is 13.5. The molecule has 0 aromatic heterocycles. The van der Waals surface area contributed by atoms with E-state index in [1.54, 1.807) is 11.8 Å². The number of hydrogen-bond donors (Lipinski definition) is 1. The summed E-state index contributed by atoms with van der Waals surface area (Å²) >= 11 is 1.77. The maximum atomic E-state index is 4.75. The highest BCUT2D eigenvalue weighted by Crippen LogP contribution is 2.15. The Morgan fingerprint density at radius 1 is 1.26 bits per heavy atom. The standard InChI is InChI=1S/C15H23N3S/c1-3-16-15(18-10-4-5-11-18)17-12-13-6-8-14(19-2)9-7-13/h6-9H,3-5,10-12H2,1-2H3,(H,16,17). The molecule has 1 heterocycles. The molecule has 1 N–H and O–H groups in total. The van der Waals surface area contributed by atoms with E-state index in [-0.39, 0.29) is 0 Å². The van der Waals surface area contributed by atoms with Gasteiger partial charge in [0.25, 0.3) is 0 Å². The summed E-state index contributed by atoms with van der Waals surface area (Å²) in [6, 6.07) is 8.67. The number of benzene rings is 1. The molecule has 1 aliphatic rings. The first-order chi connectivity index (χ1) is 9.33. The number of nitrogens with one attached hydrogen (secondary N) is 1. The first-order valence-corrected chi connectivity index (χ1v) is 8.22. The molecule has 0 aliphatic carbocycles. The molecule has 0 atom stereocenters. The van der Waals surface area contributed by atoms with E-state index < -0.39 is 0 Å². The van der Waals surface area contributed by atoms with Gasteiger partial charge >= 0.3 is 0 Å². The minimum Gasteiger partial charge on any atom is -0.357 e. The van der Waals surface area contributed by atoms with Gasteiger partial charge in [-0.15, -0.1) is 11.8 Å². The summed E-state index contributed by atoms with van der Waals surface area (Å²) in [5.74, 6) is 1.06. The van der Waals surface area contributed by atoms with E-state index in [0.717, 1.165) is 32.1 Å². The summed E-state index contributed by atoms with van der Waals surface area (Å²) in [4.78, 5) is 8.41. The molecule has 4 heteroatoms. The van der Waals surface area contributed by atoms with Crippen molar-refractivity contribution in [2.45, 2.75) is 31.2 Å². The highest BCUT2D eigenvalue weighted by atomic mass is 32.2. The lowest BCUT2D eigenvalue weighted by molar-refractivity contribution is 0.493. The van der Waals surface area contributed by atoms with Gasteiger partial charge in [0.2, 0.25) is 0 Å². The van der Waals surface area contributed by atoms with Crippen molar-refractivity contribution in [3.63, 3.8) is 0 Å². The first kappa shape index (κ1) is 14.3. The van der Waals surface area contributed by atoms with Gasteiger partial charge in [-0.3, -0.25) is 0 Å². The number of likely N-dealkylation sites (tertiary alicyclic amines) is 1. The summed E-state index contributed by atoms with van der Waals surface area (Å²) < 4.78 is 0. The van der Waals surface area contributed by atoms with Gasteiger partial charge in [-0.05, 0) is 43.7 Å². The Labute approximate surface area is 120 Å². The van der Waals surface area contributed by atoms with Crippen LogP contribution in [0.2, 0.25) is 0 Å². The molecule has 1 aromatic carbocycles. The van der Waals surface area contributed by atoms with Crippen molar-refractivity contribution >= 4 is 17.7 Å². The van der Waals surface area contributed by atoms with Crippen molar-refractivity contribution < 1.29 is 0 Å². The predicted octanol–water partition coefficient (Wildman–Crippen LogP) is 2.97. The number of aliphatic imine (C=N–C) groups is 1. The molecule has 0 spiro atoms. The molecule has 0 amide bonds. The smallest absolute Gasteiger partial charge is 0.194 e. The van der Waals surface area contributed by atoms with Crippen LogP contribution in [0.1, 0.15) is 25.3 Å². The minimum atomic E-state index is 0.757. The number of guanidine groups is 1. The molecular formula is C15H23N3S. The van der Waals surface area contributed by atoms with Crippen molar-refractivity contribution in [3.05, 3.63) is 29.8 Å². The topological polar surface area (TPSA) is 27.6 Å². The lowest BCUT2D eigenvalue weighted by Crippen LogP contribution is -2.39. The Morgan fingerprint density at radius 2 is 1.95 bits per heavy atom. The van der Waals surface area contributed by atoms with Gasteiger partial charge < -0.3 is 10.2 Å². The minimum absolute atomic E-state index is 0.757. The average Bonchev–Trinajstić information content (AvgIpc) is 2.98. The summed E-state index contributed by atoms with van der Waals surface area (Å²) in [7, 11) is 0. The molecule has 2 rings (SSSR count). The van der Waals surface area contributed by atoms with Gasteiger partial charge in [0.05, 0.1) is 6.54 Å². The zero-order valence-electron chi connectivity index (χ0n) is 11.9. The normalized spacial score (nSPS) is 15.9. The zero-order valence-corrected chi connectivity index (χ0v) is 12.7. The van der Waals surface area contributed by atoms with Crippen molar-refractivity contribution in [2.24, 2.45) is 4.99 Å². The third kappa shape index (κ3) is 4.16. The van der Waals surface area contributed by atoms with E-state index >= 15 is 0 Å². The van der Waals surface area contributed by atoms with E-state index in [2.05, 4.69) is 47.7 Å². The lowest BCUT2D eigenvalue weighted by atomic mass is 10.2. The van der Waals surface area contributed by atoms with Crippen LogP contribution in [0.3, 0.4) is 0 Å². The molecule has 0 unspecified atom stereocenters. The molecule has 1 aliphatic heterocycles. The Balaban J connectivity index is 1.99. The molecule has 0 radical (unpaired) electrons. The molecule has 3 nitrogen and oxygen atoms in total. The van der Waals surface area contributed by atoms with Crippen LogP contribution in [-0.2, 0) is 6.54 Å². The maximum absolute atomic E-state index is 4.75. The van der Waals surface area contributed by atoms with Gasteiger partial charge in [0.15, 0.2) is 5.96 Å². The van der Waals surface area contributed by atoms with Crippen LogP contribution in [0, 0.1) is 0 Å². The Kier molecular flexibility index (Phi) is 5.58. The fourth-order valence-electron chi connectivity index (χ4n) is 2.25. The average molecular weight is 277 g/mol. The Hall–Kier alpha value is -1.16. The molecule has 0 bridgehead atoms. The predicted molar refractivity (Wildman–Crippen MR) is 83.8 cm³/mol. The second-order valence-electron chi connectivity index (χ2n) is 4.71. The van der Waals surface area contributed by atoms with Crippen molar-refractivity contribution in [1.82, 2.24) is 10.2 Å². The van der Waals surface area contributed by atoms with Crippen LogP contribution in [0.15, 0.2) is 34.2 Å². The van der Waals surface area contributed by atoms with E-state index in [1.807, 2.05) is 0 Å². The molecule has 1 aromatic rings. The Bertz CT molecular complexity index is 408. The molecule has 104 valence electrons. The fourth-order valence-corrected chi connectivity index (χ4v) is 2.66. The summed E-state index contributed by atoms with van der Waals surface area (Å²) in [6.07, 6.45) is 4.67. The van der Waals surface area contributed by atoms with E-state index in [4.69, 9.17) is 4.99 Å². The molecule has 19 heavy (non-hydrogen) atoms. The van der Waals surface area contributed by atoms with Gasteiger partial charge in [0, 0.05) is 24.5 Å². The SMILES string of the molecule is CCNC(=NCc1ccc(SC)cc1)N1CCCC1. The van der Waals surface area contributed by atoms with Crippen LogP contribution in [0.4, 0.5) is 0 Å². The van der Waals surface area contributed by atoms with Gasteiger partial charge in [-0.25, -0.2) is 4.99 Å². The second-order valence-corrected chi connectivity index (χ2v) is 5.59. The van der Waals surface area contributed by atoms with E-state index in [9.17, 15) is 0 Å². The second kappa shape index (κ2) is 7.43. The molecular weight excluding hydrogens is 254 g/mol. The van der Waals surface area contributed by atoms with E-state index in [0.29, 0.717) is 0 Å².